The summed E-state index contributed by atoms with van der Waals surface area (Å²) in [6.07, 6.45) is 2.53. The summed E-state index contributed by atoms with van der Waals surface area (Å²) in [5, 5.41) is 11.7. The number of carboxylic acids is 1. The van der Waals surface area contributed by atoms with Crippen molar-refractivity contribution in [3.05, 3.63) is 0 Å². The van der Waals surface area contributed by atoms with E-state index in [9.17, 15) is 9.59 Å². The van der Waals surface area contributed by atoms with Crippen molar-refractivity contribution in [1.82, 2.24) is 10.2 Å². The molecule has 0 aromatic heterocycles. The van der Waals surface area contributed by atoms with Crippen LogP contribution in [0.2, 0.25) is 0 Å². The van der Waals surface area contributed by atoms with Crippen LogP contribution >= 0.6 is 0 Å². The topological polar surface area (TPSA) is 69.6 Å². The van der Waals surface area contributed by atoms with Crippen LogP contribution in [-0.4, -0.2) is 46.6 Å². The van der Waals surface area contributed by atoms with Gasteiger partial charge in [0.1, 0.15) is 6.04 Å². The first-order valence-electron chi connectivity index (χ1n) is 7.10. The van der Waals surface area contributed by atoms with Gasteiger partial charge in [-0.3, -0.25) is 9.69 Å². The van der Waals surface area contributed by atoms with Gasteiger partial charge in [-0.2, -0.15) is 0 Å². The van der Waals surface area contributed by atoms with Gasteiger partial charge in [0.25, 0.3) is 0 Å². The number of rotatable bonds is 6. The van der Waals surface area contributed by atoms with Crippen LogP contribution in [0.15, 0.2) is 0 Å². The monoisotopic (exact) mass is 270 g/mol. The first kappa shape index (κ1) is 16.0. The largest absolute Gasteiger partial charge is 0.480 e. The van der Waals surface area contributed by atoms with Crippen LogP contribution in [0.25, 0.3) is 0 Å². The fourth-order valence-corrected chi connectivity index (χ4v) is 2.72. The molecule has 0 aromatic carbocycles. The summed E-state index contributed by atoms with van der Waals surface area (Å²) in [4.78, 5) is 25.4. The molecule has 0 saturated carbocycles. The summed E-state index contributed by atoms with van der Waals surface area (Å²) < 4.78 is 0. The molecule has 0 spiro atoms. The lowest BCUT2D eigenvalue weighted by molar-refractivity contribution is -0.143. The number of hydrogen-bond acceptors (Lipinski definition) is 3. The van der Waals surface area contributed by atoms with E-state index in [0.717, 1.165) is 19.4 Å². The number of aliphatic carboxylic acids is 1. The highest BCUT2D eigenvalue weighted by molar-refractivity contribution is 5.84. The lowest BCUT2D eigenvalue weighted by atomic mass is 10.0. The quantitative estimate of drug-likeness (QED) is 0.767. The van der Waals surface area contributed by atoms with Crippen LogP contribution in [0.3, 0.4) is 0 Å². The van der Waals surface area contributed by atoms with E-state index in [1.165, 1.54) is 0 Å². The summed E-state index contributed by atoms with van der Waals surface area (Å²) in [6.45, 7) is 8.89. The van der Waals surface area contributed by atoms with Gasteiger partial charge in [-0.1, -0.05) is 13.8 Å². The molecule has 1 rings (SSSR count). The molecule has 2 N–H and O–H groups in total. The molecule has 1 saturated heterocycles. The van der Waals surface area contributed by atoms with Crippen molar-refractivity contribution < 1.29 is 14.7 Å². The molecule has 1 heterocycles. The second-order valence-corrected chi connectivity index (χ2v) is 5.96. The average Bonchev–Trinajstić information content (AvgIpc) is 2.73. The molecule has 0 unspecified atom stereocenters. The Morgan fingerprint density at radius 2 is 1.95 bits per heavy atom. The normalized spacial score (nSPS) is 21.9. The second-order valence-electron chi connectivity index (χ2n) is 5.96. The molecule has 110 valence electrons. The van der Waals surface area contributed by atoms with Gasteiger partial charge in [-0.25, -0.2) is 4.79 Å². The van der Waals surface area contributed by atoms with Gasteiger partial charge in [-0.15, -0.1) is 0 Å². The van der Waals surface area contributed by atoms with Gasteiger partial charge in [0.15, 0.2) is 0 Å². The van der Waals surface area contributed by atoms with E-state index in [2.05, 4.69) is 24.1 Å². The maximum Gasteiger partial charge on any atom is 0.326 e. The molecular formula is C14H26N2O3. The van der Waals surface area contributed by atoms with Gasteiger partial charge in [0, 0.05) is 18.5 Å². The molecule has 0 radical (unpaired) electrons. The van der Waals surface area contributed by atoms with Crippen molar-refractivity contribution in [3.63, 3.8) is 0 Å². The van der Waals surface area contributed by atoms with E-state index in [0.29, 0.717) is 12.5 Å². The molecule has 0 aromatic rings. The molecular weight excluding hydrogens is 244 g/mol. The van der Waals surface area contributed by atoms with Crippen molar-refractivity contribution in [2.45, 2.75) is 65.1 Å². The highest BCUT2D eigenvalue weighted by atomic mass is 16.4. The zero-order valence-electron chi connectivity index (χ0n) is 12.3. The summed E-state index contributed by atoms with van der Waals surface area (Å²) in [5.74, 6) is -1.22. The molecule has 1 amide bonds. The Kier molecular flexibility index (Phi) is 5.79. The molecule has 5 heteroatoms. The fourth-order valence-electron chi connectivity index (χ4n) is 2.72. The molecule has 0 aliphatic carbocycles. The highest BCUT2D eigenvalue weighted by Crippen LogP contribution is 2.22. The Bertz CT molecular complexity index is 329. The van der Waals surface area contributed by atoms with Gasteiger partial charge in [0.2, 0.25) is 5.91 Å². The van der Waals surface area contributed by atoms with Crippen LogP contribution in [-0.2, 0) is 9.59 Å². The predicted molar refractivity (Wildman–Crippen MR) is 73.9 cm³/mol. The Hall–Kier alpha value is -1.10. The number of hydrogen-bond donors (Lipinski definition) is 2. The summed E-state index contributed by atoms with van der Waals surface area (Å²) >= 11 is 0. The Balaban J connectivity index is 2.52. The molecule has 1 aliphatic rings. The van der Waals surface area contributed by atoms with Crippen molar-refractivity contribution >= 4 is 11.9 Å². The van der Waals surface area contributed by atoms with Crippen LogP contribution in [0.5, 0.6) is 0 Å². The van der Waals surface area contributed by atoms with Crippen LogP contribution < -0.4 is 5.32 Å². The molecule has 19 heavy (non-hydrogen) atoms. The van der Waals surface area contributed by atoms with E-state index in [-0.39, 0.29) is 17.9 Å². The van der Waals surface area contributed by atoms with E-state index < -0.39 is 12.0 Å². The van der Waals surface area contributed by atoms with Crippen molar-refractivity contribution in [1.29, 1.82) is 0 Å². The minimum absolute atomic E-state index is 0.105. The SMILES string of the molecule is CC(C)[C@@H](NC(=O)C[C@@H]1CCCN1C(C)C)C(=O)O. The van der Waals surface area contributed by atoms with Gasteiger partial charge in [-0.05, 0) is 39.2 Å². The molecule has 5 nitrogen and oxygen atoms in total. The number of carbonyl (C=O) groups is 2. The number of likely N-dealkylation sites (tertiary alicyclic amines) is 1. The van der Waals surface area contributed by atoms with Gasteiger partial charge in [0.05, 0.1) is 0 Å². The zero-order valence-corrected chi connectivity index (χ0v) is 12.3. The zero-order chi connectivity index (χ0) is 14.6. The van der Waals surface area contributed by atoms with Gasteiger partial charge >= 0.3 is 5.97 Å². The third-order valence-electron chi connectivity index (χ3n) is 3.76. The third-order valence-corrected chi connectivity index (χ3v) is 3.76. The summed E-state index contributed by atoms with van der Waals surface area (Å²) in [6, 6.07) is -0.108. The number of nitrogens with one attached hydrogen (secondary N) is 1. The van der Waals surface area contributed by atoms with Crippen LogP contribution in [0, 0.1) is 5.92 Å². The first-order chi connectivity index (χ1) is 8.82. The molecule has 0 bridgehead atoms. The maximum absolute atomic E-state index is 12.0. The third kappa shape index (κ3) is 4.49. The summed E-state index contributed by atoms with van der Waals surface area (Å²) in [7, 11) is 0. The maximum atomic E-state index is 12.0. The molecule has 1 fully saturated rings. The van der Waals surface area contributed by atoms with E-state index in [1.54, 1.807) is 13.8 Å². The highest BCUT2D eigenvalue weighted by Gasteiger charge is 2.30. The average molecular weight is 270 g/mol. The predicted octanol–water partition coefficient (Wildman–Crippen LogP) is 1.47. The van der Waals surface area contributed by atoms with Crippen LogP contribution in [0.1, 0.15) is 47.0 Å². The standard InChI is InChI=1S/C14H26N2O3/c1-9(2)13(14(18)19)15-12(17)8-11-6-5-7-16(11)10(3)4/h9-11,13H,5-8H2,1-4H3,(H,15,17)(H,18,19)/t11-,13+/m0/s1. The summed E-state index contributed by atoms with van der Waals surface area (Å²) in [5.41, 5.74) is 0. The smallest absolute Gasteiger partial charge is 0.326 e. The Morgan fingerprint density at radius 3 is 2.42 bits per heavy atom. The van der Waals surface area contributed by atoms with Crippen molar-refractivity contribution in [3.8, 4) is 0 Å². The number of carboxylic acid groups (broad SMARTS) is 1. The Morgan fingerprint density at radius 1 is 1.32 bits per heavy atom. The van der Waals surface area contributed by atoms with E-state index in [1.807, 2.05) is 0 Å². The van der Waals surface area contributed by atoms with Crippen molar-refractivity contribution in [2.75, 3.05) is 6.54 Å². The first-order valence-corrected chi connectivity index (χ1v) is 7.10. The minimum Gasteiger partial charge on any atom is -0.480 e. The van der Waals surface area contributed by atoms with Crippen LogP contribution in [0.4, 0.5) is 0 Å². The fraction of sp³-hybridized carbons (Fsp3) is 0.857. The lowest BCUT2D eigenvalue weighted by Crippen LogP contribution is -2.46. The molecule has 2 atom stereocenters. The number of nitrogens with zero attached hydrogens (tertiary/aromatic N) is 1. The van der Waals surface area contributed by atoms with Crippen molar-refractivity contribution in [2.24, 2.45) is 5.92 Å². The second kappa shape index (κ2) is 6.89. The lowest BCUT2D eigenvalue weighted by Gasteiger charge is -2.28. The van der Waals surface area contributed by atoms with Gasteiger partial charge < -0.3 is 10.4 Å². The minimum atomic E-state index is -0.963. The van der Waals surface area contributed by atoms with E-state index >= 15 is 0 Å². The molecule has 1 aliphatic heterocycles. The van der Waals surface area contributed by atoms with E-state index in [4.69, 9.17) is 5.11 Å². The number of amides is 1. The number of carbonyl (C=O) groups excluding carboxylic acids is 1. The Labute approximate surface area is 115 Å².